The fourth-order valence-corrected chi connectivity index (χ4v) is 9.96. The average Bonchev–Trinajstić information content (AvgIpc) is 3.45. The molecule has 458 valence electrons. The molecule has 1 atom stereocenters. The summed E-state index contributed by atoms with van der Waals surface area (Å²) in [5, 5.41) is 0. The van der Waals surface area contributed by atoms with Crippen LogP contribution in [0.4, 0.5) is 0 Å². The first kappa shape index (κ1) is 75.8. The minimum absolute atomic E-state index is 0.0812. The third kappa shape index (κ3) is 65.5. The molecule has 0 spiro atoms. The van der Waals surface area contributed by atoms with Gasteiger partial charge in [0.25, 0.3) is 0 Å². The standard InChI is InChI=1S/C73H130O6/c1-4-7-10-13-16-19-22-25-27-29-31-33-35-36-38-39-41-43-45-48-51-54-57-60-63-66-72(75)78-69-70(68-77-71(74)65-62-59-56-53-50-47-24-21-18-15-12-9-6-3)79-73(76)67-64-61-58-55-52-49-46-44-42-40-37-34-32-30-28-26-23-20-17-14-11-8-5-2/h12,15,21,23-24,26,29-32,37,40,70H,4-11,13-14,16-20,22,25,27-28,33-36,38-39,41-69H2,1-3H3/b15-12-,24-21-,26-23-,31-29-,32-30-,40-37-. The van der Waals surface area contributed by atoms with Crippen LogP contribution in [0.25, 0.3) is 0 Å². The number of hydrogen-bond acceptors (Lipinski definition) is 6. The van der Waals surface area contributed by atoms with Crippen LogP contribution in [0.3, 0.4) is 0 Å². The molecule has 0 N–H and O–H groups in total. The maximum absolute atomic E-state index is 12.9. The van der Waals surface area contributed by atoms with E-state index in [0.717, 1.165) is 103 Å². The van der Waals surface area contributed by atoms with Crippen molar-refractivity contribution in [2.24, 2.45) is 0 Å². The summed E-state index contributed by atoms with van der Waals surface area (Å²) in [6, 6.07) is 0. The lowest BCUT2D eigenvalue weighted by molar-refractivity contribution is -0.167. The van der Waals surface area contributed by atoms with Gasteiger partial charge in [0, 0.05) is 19.3 Å². The second-order valence-electron chi connectivity index (χ2n) is 23.1. The molecule has 0 saturated heterocycles. The number of esters is 3. The first-order chi connectivity index (χ1) is 39.0. The van der Waals surface area contributed by atoms with Gasteiger partial charge in [-0.3, -0.25) is 14.4 Å². The van der Waals surface area contributed by atoms with Crippen molar-refractivity contribution in [1.82, 2.24) is 0 Å². The predicted molar refractivity (Wildman–Crippen MR) is 344 cm³/mol. The van der Waals surface area contributed by atoms with Crippen molar-refractivity contribution >= 4 is 17.9 Å². The Bertz CT molecular complexity index is 1450. The third-order valence-corrected chi connectivity index (χ3v) is 15.1. The SMILES string of the molecule is CCC/C=C\C/C=C\CCCCCCCC(=O)OCC(COC(=O)CCCCCCCCCCCCCCC/C=C\CCCCCCCCCC)OC(=O)CCCCCCCCCC/C=C\C/C=C\C/C=C\CCCCCCC. The second kappa shape index (κ2) is 67.4. The van der Waals surface area contributed by atoms with E-state index in [9.17, 15) is 14.4 Å². The monoisotopic (exact) mass is 1100 g/mol. The summed E-state index contributed by atoms with van der Waals surface area (Å²) in [5.74, 6) is -0.887. The zero-order valence-electron chi connectivity index (χ0n) is 52.6. The van der Waals surface area contributed by atoms with E-state index in [0.29, 0.717) is 19.3 Å². The minimum atomic E-state index is -0.787. The summed E-state index contributed by atoms with van der Waals surface area (Å²) < 4.78 is 17.0. The quantitative estimate of drug-likeness (QED) is 0.0261. The predicted octanol–water partition coefficient (Wildman–Crippen LogP) is 23.7. The molecule has 6 heteroatoms. The van der Waals surface area contributed by atoms with E-state index in [-0.39, 0.29) is 31.1 Å². The van der Waals surface area contributed by atoms with Crippen LogP contribution in [0.2, 0.25) is 0 Å². The van der Waals surface area contributed by atoms with E-state index in [1.54, 1.807) is 0 Å². The van der Waals surface area contributed by atoms with Gasteiger partial charge in [0.05, 0.1) is 0 Å². The molecule has 0 radical (unpaired) electrons. The molecule has 0 amide bonds. The molecule has 1 unspecified atom stereocenters. The van der Waals surface area contributed by atoms with Crippen LogP contribution in [0, 0.1) is 0 Å². The molecule has 0 aliphatic rings. The summed E-state index contributed by atoms with van der Waals surface area (Å²) in [7, 11) is 0. The molecule has 0 aliphatic carbocycles. The fraction of sp³-hybridized carbons (Fsp3) is 0.795. The maximum Gasteiger partial charge on any atom is 0.306 e. The first-order valence-electron chi connectivity index (χ1n) is 34.4. The van der Waals surface area contributed by atoms with Crippen molar-refractivity contribution in [1.29, 1.82) is 0 Å². The van der Waals surface area contributed by atoms with Gasteiger partial charge in [0.1, 0.15) is 13.2 Å². The molecule has 0 aliphatic heterocycles. The zero-order valence-corrected chi connectivity index (χ0v) is 52.6. The molecule has 79 heavy (non-hydrogen) atoms. The van der Waals surface area contributed by atoms with Gasteiger partial charge in [-0.2, -0.15) is 0 Å². The molecule has 6 nitrogen and oxygen atoms in total. The molecule has 0 saturated carbocycles. The lowest BCUT2D eigenvalue weighted by atomic mass is 10.0. The third-order valence-electron chi connectivity index (χ3n) is 15.1. The van der Waals surface area contributed by atoms with Gasteiger partial charge in [-0.1, -0.05) is 299 Å². The van der Waals surface area contributed by atoms with Gasteiger partial charge in [0.15, 0.2) is 6.10 Å². The van der Waals surface area contributed by atoms with E-state index in [1.807, 2.05) is 0 Å². The Balaban J connectivity index is 4.29. The molecule has 0 fully saturated rings. The van der Waals surface area contributed by atoms with Crippen LogP contribution >= 0.6 is 0 Å². The van der Waals surface area contributed by atoms with E-state index in [1.165, 1.54) is 212 Å². The number of unbranched alkanes of at least 4 members (excludes halogenated alkanes) is 40. The van der Waals surface area contributed by atoms with Crippen LogP contribution in [-0.4, -0.2) is 37.2 Å². The molecular formula is C73H130O6. The Morgan fingerprint density at radius 2 is 0.481 bits per heavy atom. The number of carbonyl (C=O) groups is 3. The highest BCUT2D eigenvalue weighted by Gasteiger charge is 2.19. The largest absolute Gasteiger partial charge is 0.462 e. The van der Waals surface area contributed by atoms with Crippen molar-refractivity contribution < 1.29 is 28.6 Å². The second-order valence-corrected chi connectivity index (χ2v) is 23.1. The van der Waals surface area contributed by atoms with Gasteiger partial charge in [-0.25, -0.2) is 0 Å². The van der Waals surface area contributed by atoms with Gasteiger partial charge in [-0.15, -0.1) is 0 Å². The Morgan fingerprint density at radius 3 is 0.772 bits per heavy atom. The van der Waals surface area contributed by atoms with E-state index in [2.05, 4.69) is 93.7 Å². The van der Waals surface area contributed by atoms with Crippen LogP contribution in [0.1, 0.15) is 355 Å². The number of allylic oxidation sites excluding steroid dienone is 12. The summed E-state index contributed by atoms with van der Waals surface area (Å²) in [5.41, 5.74) is 0. The lowest BCUT2D eigenvalue weighted by Gasteiger charge is -2.18. The lowest BCUT2D eigenvalue weighted by Crippen LogP contribution is -2.30. The van der Waals surface area contributed by atoms with Gasteiger partial charge >= 0.3 is 17.9 Å². The van der Waals surface area contributed by atoms with Crippen LogP contribution in [0.15, 0.2) is 72.9 Å². The Hall–Kier alpha value is -3.15. The van der Waals surface area contributed by atoms with Crippen molar-refractivity contribution in [3.05, 3.63) is 72.9 Å². The Morgan fingerprint density at radius 1 is 0.253 bits per heavy atom. The van der Waals surface area contributed by atoms with E-state index >= 15 is 0 Å². The topological polar surface area (TPSA) is 78.9 Å². The van der Waals surface area contributed by atoms with Gasteiger partial charge < -0.3 is 14.2 Å². The Labute approximate surface area is 491 Å². The zero-order chi connectivity index (χ0) is 57.1. The summed E-state index contributed by atoms with van der Waals surface area (Å²) in [6.45, 7) is 6.59. The van der Waals surface area contributed by atoms with E-state index in [4.69, 9.17) is 14.2 Å². The van der Waals surface area contributed by atoms with Crippen molar-refractivity contribution in [2.45, 2.75) is 361 Å². The molecule has 0 bridgehead atoms. The Kier molecular flexibility index (Phi) is 64.7. The minimum Gasteiger partial charge on any atom is -0.462 e. The summed E-state index contributed by atoms with van der Waals surface area (Å²) in [6.07, 6.45) is 87.8. The molecule has 0 aromatic rings. The highest BCUT2D eigenvalue weighted by molar-refractivity contribution is 5.71. The van der Waals surface area contributed by atoms with Crippen molar-refractivity contribution in [2.75, 3.05) is 13.2 Å². The van der Waals surface area contributed by atoms with Crippen LogP contribution < -0.4 is 0 Å². The number of hydrogen-bond donors (Lipinski definition) is 0. The van der Waals surface area contributed by atoms with Crippen LogP contribution in [0.5, 0.6) is 0 Å². The van der Waals surface area contributed by atoms with Crippen molar-refractivity contribution in [3.63, 3.8) is 0 Å². The normalized spacial score (nSPS) is 12.5. The molecular weight excluding hydrogens is 973 g/mol. The number of ether oxygens (including phenoxy) is 3. The maximum atomic E-state index is 12.9. The van der Waals surface area contributed by atoms with Crippen LogP contribution in [-0.2, 0) is 28.6 Å². The van der Waals surface area contributed by atoms with Gasteiger partial charge in [0.2, 0.25) is 0 Å². The van der Waals surface area contributed by atoms with Gasteiger partial charge in [-0.05, 0) is 109 Å². The molecule has 0 aromatic carbocycles. The number of rotatable bonds is 63. The molecule has 0 heterocycles. The highest BCUT2D eigenvalue weighted by atomic mass is 16.6. The first-order valence-corrected chi connectivity index (χ1v) is 34.4. The molecule has 0 aromatic heterocycles. The summed E-state index contributed by atoms with van der Waals surface area (Å²) in [4.78, 5) is 38.4. The van der Waals surface area contributed by atoms with Crippen molar-refractivity contribution in [3.8, 4) is 0 Å². The highest BCUT2D eigenvalue weighted by Crippen LogP contribution is 2.17. The van der Waals surface area contributed by atoms with E-state index < -0.39 is 6.10 Å². The molecule has 0 rings (SSSR count). The summed E-state index contributed by atoms with van der Waals surface area (Å²) >= 11 is 0. The smallest absolute Gasteiger partial charge is 0.306 e. The average molecular weight is 1100 g/mol. The number of carbonyl (C=O) groups excluding carboxylic acids is 3. The fourth-order valence-electron chi connectivity index (χ4n) is 9.96.